The molecule has 5 nitrogen and oxygen atoms in total. The van der Waals surface area contributed by atoms with Crippen LogP contribution in [0.15, 0.2) is 59.1 Å². The van der Waals surface area contributed by atoms with Crippen molar-refractivity contribution in [2.75, 3.05) is 0 Å². The molecule has 0 aliphatic rings. The quantitative estimate of drug-likeness (QED) is 0.448. The first kappa shape index (κ1) is 17.9. The summed E-state index contributed by atoms with van der Waals surface area (Å²) in [6, 6.07) is 16.7. The second kappa shape index (κ2) is 8.02. The monoisotopic (exact) mass is 393 g/mol. The Morgan fingerprint density at radius 1 is 1.07 bits per heavy atom. The molecule has 0 spiro atoms. The third-order valence-corrected chi connectivity index (χ3v) is 6.03. The maximum atomic E-state index is 4.76. The van der Waals surface area contributed by atoms with E-state index in [4.69, 9.17) is 4.98 Å². The van der Waals surface area contributed by atoms with E-state index in [-0.39, 0.29) is 0 Å². The molecule has 2 aromatic heterocycles. The molecule has 0 bridgehead atoms. The van der Waals surface area contributed by atoms with E-state index in [0.29, 0.717) is 0 Å². The number of nitrogens with zero attached hydrogens (tertiary/aromatic N) is 5. The number of aromatic nitrogens is 5. The highest BCUT2D eigenvalue weighted by atomic mass is 32.2. The number of thioether (sulfide) groups is 1. The van der Waals surface area contributed by atoms with Gasteiger partial charge in [0.25, 0.3) is 0 Å². The topological polar surface area (TPSA) is 56.5 Å². The lowest BCUT2D eigenvalue weighted by Gasteiger charge is -2.08. The van der Waals surface area contributed by atoms with Crippen LogP contribution in [-0.4, -0.2) is 25.2 Å². The SMILES string of the molecule is Cc1ccc(C)c(-n2nnnc2SCc2csc(Cc3ccccc3)n2)c1. The van der Waals surface area contributed by atoms with Gasteiger partial charge in [0, 0.05) is 17.6 Å². The summed E-state index contributed by atoms with van der Waals surface area (Å²) < 4.78 is 1.81. The van der Waals surface area contributed by atoms with Gasteiger partial charge in [0.2, 0.25) is 5.16 Å². The van der Waals surface area contributed by atoms with Gasteiger partial charge in [-0.1, -0.05) is 54.2 Å². The second-order valence-corrected chi connectivity index (χ2v) is 8.23. The molecular formula is C20H19N5S2. The smallest absolute Gasteiger partial charge is 0.214 e. The van der Waals surface area contributed by atoms with E-state index in [2.05, 4.69) is 77.2 Å². The van der Waals surface area contributed by atoms with Crippen LogP contribution < -0.4 is 0 Å². The summed E-state index contributed by atoms with van der Waals surface area (Å²) in [6.07, 6.45) is 0.871. The third-order valence-electron chi connectivity index (χ3n) is 4.18. The Labute approximate surface area is 166 Å². The minimum Gasteiger partial charge on any atom is -0.245 e. The molecular weight excluding hydrogens is 374 g/mol. The van der Waals surface area contributed by atoms with Crippen LogP contribution in [0.4, 0.5) is 0 Å². The lowest BCUT2D eigenvalue weighted by molar-refractivity contribution is 0.751. The summed E-state index contributed by atoms with van der Waals surface area (Å²) in [4.78, 5) is 4.76. The van der Waals surface area contributed by atoms with Crippen LogP contribution in [0.1, 0.15) is 27.4 Å². The number of hydrogen-bond acceptors (Lipinski definition) is 6. The van der Waals surface area contributed by atoms with E-state index in [1.807, 2.05) is 10.7 Å². The number of benzene rings is 2. The molecule has 0 N–H and O–H groups in total. The zero-order valence-corrected chi connectivity index (χ0v) is 16.8. The Balaban J connectivity index is 1.46. The zero-order valence-electron chi connectivity index (χ0n) is 15.2. The zero-order chi connectivity index (χ0) is 18.6. The summed E-state index contributed by atoms with van der Waals surface area (Å²) in [5.41, 5.74) is 5.70. The highest BCUT2D eigenvalue weighted by molar-refractivity contribution is 7.98. The third kappa shape index (κ3) is 4.26. The molecule has 0 aliphatic carbocycles. The van der Waals surface area contributed by atoms with Gasteiger partial charge >= 0.3 is 0 Å². The molecule has 0 unspecified atom stereocenters. The molecule has 0 fully saturated rings. The van der Waals surface area contributed by atoms with Crippen molar-refractivity contribution in [2.24, 2.45) is 0 Å². The van der Waals surface area contributed by atoms with Crippen LogP contribution in [0.25, 0.3) is 5.69 Å². The Morgan fingerprint density at radius 3 is 2.78 bits per heavy atom. The Hall–Kier alpha value is -2.51. The molecule has 2 heterocycles. The molecule has 27 heavy (non-hydrogen) atoms. The Morgan fingerprint density at radius 2 is 1.93 bits per heavy atom. The van der Waals surface area contributed by atoms with Gasteiger partial charge < -0.3 is 0 Å². The fraction of sp³-hybridized carbons (Fsp3) is 0.200. The van der Waals surface area contributed by atoms with Gasteiger partial charge in [-0.05, 0) is 47.0 Å². The molecule has 0 aliphatic heterocycles. The minimum atomic E-state index is 0.747. The first-order valence-corrected chi connectivity index (χ1v) is 10.5. The van der Waals surface area contributed by atoms with Crippen molar-refractivity contribution in [3.8, 4) is 5.69 Å². The number of hydrogen-bond donors (Lipinski definition) is 0. The lowest BCUT2D eigenvalue weighted by Crippen LogP contribution is -2.02. The predicted molar refractivity (Wildman–Crippen MR) is 110 cm³/mol. The van der Waals surface area contributed by atoms with E-state index in [1.165, 1.54) is 11.1 Å². The number of aryl methyl sites for hydroxylation is 2. The Bertz CT molecular complexity index is 1040. The minimum absolute atomic E-state index is 0.747. The molecule has 0 saturated heterocycles. The summed E-state index contributed by atoms with van der Waals surface area (Å²) in [5, 5.41) is 16.3. The predicted octanol–water partition coefficient (Wildman–Crippen LogP) is 4.62. The fourth-order valence-electron chi connectivity index (χ4n) is 2.77. The van der Waals surface area contributed by atoms with E-state index in [1.54, 1.807) is 23.1 Å². The summed E-state index contributed by atoms with van der Waals surface area (Å²) >= 11 is 3.31. The van der Waals surface area contributed by atoms with Crippen molar-refractivity contribution in [1.82, 2.24) is 25.2 Å². The van der Waals surface area contributed by atoms with Crippen molar-refractivity contribution < 1.29 is 0 Å². The standard InChI is InChI=1S/C20H19N5S2/c1-14-8-9-15(2)18(10-14)25-20(22-23-24-25)27-13-17-12-26-19(21-17)11-16-6-4-3-5-7-16/h3-10,12H,11,13H2,1-2H3. The van der Waals surface area contributed by atoms with Crippen LogP contribution >= 0.6 is 23.1 Å². The van der Waals surface area contributed by atoms with Gasteiger partial charge in [-0.15, -0.1) is 16.4 Å². The van der Waals surface area contributed by atoms with E-state index >= 15 is 0 Å². The molecule has 7 heteroatoms. The lowest BCUT2D eigenvalue weighted by atomic mass is 10.1. The normalized spacial score (nSPS) is 11.0. The molecule has 136 valence electrons. The van der Waals surface area contributed by atoms with Gasteiger partial charge in [-0.2, -0.15) is 4.68 Å². The van der Waals surface area contributed by atoms with Crippen molar-refractivity contribution in [3.63, 3.8) is 0 Å². The summed E-state index contributed by atoms with van der Waals surface area (Å²) in [7, 11) is 0. The molecule has 0 radical (unpaired) electrons. The number of rotatable bonds is 6. The molecule has 4 aromatic rings. The first-order valence-electron chi connectivity index (χ1n) is 8.65. The van der Waals surface area contributed by atoms with E-state index in [9.17, 15) is 0 Å². The summed E-state index contributed by atoms with van der Waals surface area (Å²) in [6.45, 7) is 4.14. The van der Waals surface area contributed by atoms with Gasteiger partial charge in [-0.3, -0.25) is 0 Å². The van der Waals surface area contributed by atoms with Crippen LogP contribution in [0.2, 0.25) is 0 Å². The van der Waals surface area contributed by atoms with Crippen LogP contribution in [0.5, 0.6) is 0 Å². The molecule has 0 atom stereocenters. The van der Waals surface area contributed by atoms with Crippen molar-refractivity contribution in [1.29, 1.82) is 0 Å². The van der Waals surface area contributed by atoms with Crippen LogP contribution in [0, 0.1) is 13.8 Å². The summed E-state index contributed by atoms with van der Waals surface area (Å²) in [5.74, 6) is 0.747. The van der Waals surface area contributed by atoms with Crippen molar-refractivity contribution >= 4 is 23.1 Å². The average molecular weight is 394 g/mol. The Kier molecular flexibility index (Phi) is 5.31. The first-order chi connectivity index (χ1) is 13.2. The molecule has 0 saturated carbocycles. The molecule has 4 rings (SSSR count). The maximum absolute atomic E-state index is 4.76. The van der Waals surface area contributed by atoms with Gasteiger partial charge in [-0.25, -0.2) is 4.98 Å². The average Bonchev–Trinajstić information content (AvgIpc) is 3.32. The van der Waals surface area contributed by atoms with Gasteiger partial charge in [0.1, 0.15) is 0 Å². The highest BCUT2D eigenvalue weighted by Crippen LogP contribution is 2.25. The number of tetrazole rings is 1. The largest absolute Gasteiger partial charge is 0.245 e. The second-order valence-electron chi connectivity index (χ2n) is 6.35. The molecule has 2 aromatic carbocycles. The molecule has 0 amide bonds. The fourth-order valence-corrected chi connectivity index (χ4v) is 4.48. The van der Waals surface area contributed by atoms with E-state index < -0.39 is 0 Å². The van der Waals surface area contributed by atoms with E-state index in [0.717, 1.165) is 39.3 Å². The maximum Gasteiger partial charge on any atom is 0.214 e. The van der Waals surface area contributed by atoms with Crippen molar-refractivity contribution in [2.45, 2.75) is 31.2 Å². The van der Waals surface area contributed by atoms with Crippen LogP contribution in [-0.2, 0) is 12.2 Å². The number of thiazole rings is 1. The van der Waals surface area contributed by atoms with Crippen molar-refractivity contribution in [3.05, 3.63) is 81.3 Å². The van der Waals surface area contributed by atoms with Gasteiger partial charge in [0.15, 0.2) is 0 Å². The highest BCUT2D eigenvalue weighted by Gasteiger charge is 2.13. The van der Waals surface area contributed by atoms with Crippen LogP contribution in [0.3, 0.4) is 0 Å². The van der Waals surface area contributed by atoms with Gasteiger partial charge in [0.05, 0.1) is 16.4 Å².